The van der Waals surface area contributed by atoms with Gasteiger partial charge in [0, 0.05) is 48.6 Å². The molecule has 0 spiro atoms. The zero-order valence-corrected chi connectivity index (χ0v) is 18.9. The molecular weight excluding hydrogens is 420 g/mol. The molecule has 6 rings (SSSR count). The third-order valence-electron chi connectivity index (χ3n) is 5.99. The molecule has 9 heteroatoms. The molecule has 5 aromatic rings. The summed E-state index contributed by atoms with van der Waals surface area (Å²) < 4.78 is 4.89. The van der Waals surface area contributed by atoms with Gasteiger partial charge in [0.25, 0.3) is 0 Å². The first-order valence-electron chi connectivity index (χ1n) is 10.9. The fourth-order valence-electron chi connectivity index (χ4n) is 4.42. The minimum Gasteiger partial charge on any atom is -0.340 e. The Bertz CT molecular complexity index is 1420. The molecule has 1 aromatic carbocycles. The average molecular weight is 445 g/mol. The first-order chi connectivity index (χ1) is 15.6. The number of aryl methyl sites for hydroxylation is 2. The highest BCUT2D eigenvalue weighted by molar-refractivity contribution is 7.18. The van der Waals surface area contributed by atoms with Crippen LogP contribution in [0, 0.1) is 6.92 Å². The Balaban J connectivity index is 1.47. The van der Waals surface area contributed by atoms with E-state index in [0.717, 1.165) is 70.4 Å². The molecular formula is C23H24N8S. The van der Waals surface area contributed by atoms with Gasteiger partial charge in [0.15, 0.2) is 5.65 Å². The average Bonchev–Trinajstić information content (AvgIpc) is 3.51. The Morgan fingerprint density at radius 3 is 2.91 bits per heavy atom. The molecule has 1 atom stereocenters. The third-order valence-corrected chi connectivity index (χ3v) is 6.94. The van der Waals surface area contributed by atoms with Gasteiger partial charge in [-0.3, -0.25) is 4.68 Å². The minimum atomic E-state index is 0.384. The van der Waals surface area contributed by atoms with Gasteiger partial charge in [-0.15, -0.1) is 11.3 Å². The second-order valence-corrected chi connectivity index (χ2v) is 9.58. The second-order valence-electron chi connectivity index (χ2n) is 8.35. The number of nitrogens with zero attached hydrogens (tertiary/aromatic N) is 6. The molecule has 8 nitrogen and oxygen atoms in total. The van der Waals surface area contributed by atoms with Gasteiger partial charge >= 0.3 is 0 Å². The highest BCUT2D eigenvalue weighted by Gasteiger charge is 2.21. The number of hydrogen-bond donors (Lipinski definition) is 2. The number of anilines is 2. The Morgan fingerprint density at radius 2 is 2.09 bits per heavy atom. The van der Waals surface area contributed by atoms with Crippen molar-refractivity contribution in [3.05, 3.63) is 53.6 Å². The maximum atomic E-state index is 5.07. The van der Waals surface area contributed by atoms with Crippen molar-refractivity contribution < 1.29 is 0 Å². The van der Waals surface area contributed by atoms with E-state index in [2.05, 4.69) is 50.1 Å². The summed E-state index contributed by atoms with van der Waals surface area (Å²) >= 11 is 1.71. The summed E-state index contributed by atoms with van der Waals surface area (Å²) in [5.74, 6) is 1.28. The fraction of sp³-hybridized carbons (Fsp3) is 0.304. The maximum absolute atomic E-state index is 5.07. The van der Waals surface area contributed by atoms with Crippen LogP contribution in [0.15, 0.2) is 42.9 Å². The zero-order chi connectivity index (χ0) is 21.7. The summed E-state index contributed by atoms with van der Waals surface area (Å²) in [7, 11) is 1.92. The van der Waals surface area contributed by atoms with E-state index in [0.29, 0.717) is 5.92 Å². The molecule has 0 radical (unpaired) electrons. The quantitative estimate of drug-likeness (QED) is 0.431. The van der Waals surface area contributed by atoms with Crippen molar-refractivity contribution in [1.29, 1.82) is 0 Å². The van der Waals surface area contributed by atoms with E-state index >= 15 is 0 Å². The SMILES string of the molecule is Cc1nc2cc(Nc3cc(C4CCCNC4)nc4c(-c5cnn(C)c5)cnn34)ccc2s1. The standard InChI is InChI=1S/C23H24N8S/c1-14-27-20-8-17(5-6-21(20)32-14)28-22-9-19(15-4-3-7-24-10-15)29-23-18(12-26-31(22)23)16-11-25-30(2)13-16/h5-6,8-9,11-13,15,24,28H,3-4,7,10H2,1-2H3. The summed E-state index contributed by atoms with van der Waals surface area (Å²) in [6.45, 7) is 4.06. The molecule has 0 saturated carbocycles. The van der Waals surface area contributed by atoms with Crippen molar-refractivity contribution in [2.75, 3.05) is 18.4 Å². The van der Waals surface area contributed by atoms with Crippen molar-refractivity contribution in [2.24, 2.45) is 7.05 Å². The summed E-state index contributed by atoms with van der Waals surface area (Å²) in [4.78, 5) is 9.71. The van der Waals surface area contributed by atoms with Crippen LogP contribution in [0.2, 0.25) is 0 Å². The molecule has 1 aliphatic rings. The van der Waals surface area contributed by atoms with Crippen LogP contribution >= 0.6 is 11.3 Å². The lowest BCUT2D eigenvalue weighted by atomic mass is 9.96. The zero-order valence-electron chi connectivity index (χ0n) is 18.0. The number of benzene rings is 1. The lowest BCUT2D eigenvalue weighted by Gasteiger charge is -2.23. The number of thiazole rings is 1. The van der Waals surface area contributed by atoms with Gasteiger partial charge in [-0.1, -0.05) is 0 Å². The molecule has 4 aromatic heterocycles. The van der Waals surface area contributed by atoms with E-state index in [1.807, 2.05) is 37.1 Å². The van der Waals surface area contributed by atoms with Gasteiger partial charge in [-0.2, -0.15) is 14.7 Å². The molecule has 2 N–H and O–H groups in total. The van der Waals surface area contributed by atoms with E-state index in [1.54, 1.807) is 16.0 Å². The van der Waals surface area contributed by atoms with Gasteiger partial charge in [0.1, 0.15) is 5.82 Å². The first-order valence-corrected chi connectivity index (χ1v) is 11.7. The van der Waals surface area contributed by atoms with Gasteiger partial charge in [-0.05, 0) is 44.5 Å². The van der Waals surface area contributed by atoms with E-state index in [1.165, 1.54) is 4.70 Å². The second kappa shape index (κ2) is 7.68. The van der Waals surface area contributed by atoms with Crippen LogP contribution in [0.25, 0.3) is 27.0 Å². The monoisotopic (exact) mass is 444 g/mol. The van der Waals surface area contributed by atoms with Crippen molar-refractivity contribution in [3.63, 3.8) is 0 Å². The molecule has 1 saturated heterocycles. The molecule has 1 aliphatic heterocycles. The Hall–Kier alpha value is -3.30. The minimum absolute atomic E-state index is 0.384. The van der Waals surface area contributed by atoms with E-state index < -0.39 is 0 Å². The molecule has 0 aliphatic carbocycles. The van der Waals surface area contributed by atoms with Crippen LogP contribution in [0.3, 0.4) is 0 Å². The Morgan fingerprint density at radius 1 is 1.16 bits per heavy atom. The van der Waals surface area contributed by atoms with Gasteiger partial charge in [-0.25, -0.2) is 9.97 Å². The number of hydrogen-bond acceptors (Lipinski definition) is 7. The van der Waals surface area contributed by atoms with Crippen molar-refractivity contribution in [1.82, 2.24) is 34.7 Å². The summed E-state index contributed by atoms with van der Waals surface area (Å²) in [6.07, 6.45) is 8.03. The van der Waals surface area contributed by atoms with Crippen molar-refractivity contribution in [3.8, 4) is 11.1 Å². The molecule has 1 fully saturated rings. The lowest BCUT2D eigenvalue weighted by Crippen LogP contribution is -2.29. The Kier molecular flexibility index (Phi) is 4.65. The summed E-state index contributed by atoms with van der Waals surface area (Å²) in [5, 5.41) is 17.2. The number of piperidine rings is 1. The predicted octanol–water partition coefficient (Wildman–Crippen LogP) is 4.26. The summed E-state index contributed by atoms with van der Waals surface area (Å²) in [6, 6.07) is 8.45. The van der Waals surface area contributed by atoms with Gasteiger partial charge < -0.3 is 10.6 Å². The van der Waals surface area contributed by atoms with Gasteiger partial charge in [0.2, 0.25) is 0 Å². The number of aromatic nitrogens is 6. The van der Waals surface area contributed by atoms with E-state index in [4.69, 9.17) is 4.98 Å². The molecule has 1 unspecified atom stereocenters. The highest BCUT2D eigenvalue weighted by Crippen LogP contribution is 2.32. The third kappa shape index (κ3) is 3.43. The first kappa shape index (κ1) is 19.4. The topological polar surface area (TPSA) is 85.0 Å². The lowest BCUT2D eigenvalue weighted by molar-refractivity contribution is 0.455. The largest absolute Gasteiger partial charge is 0.340 e. The van der Waals surface area contributed by atoms with Crippen LogP contribution in [0.1, 0.15) is 29.5 Å². The van der Waals surface area contributed by atoms with Crippen molar-refractivity contribution >= 4 is 38.7 Å². The normalized spacial score (nSPS) is 16.8. The molecule has 5 heterocycles. The highest BCUT2D eigenvalue weighted by atomic mass is 32.1. The fourth-order valence-corrected chi connectivity index (χ4v) is 5.22. The number of fused-ring (bicyclic) bond motifs is 2. The van der Waals surface area contributed by atoms with Crippen LogP contribution in [0.4, 0.5) is 11.5 Å². The molecule has 0 bridgehead atoms. The number of rotatable bonds is 4. The maximum Gasteiger partial charge on any atom is 0.165 e. The molecule has 162 valence electrons. The van der Waals surface area contributed by atoms with E-state index in [-0.39, 0.29) is 0 Å². The summed E-state index contributed by atoms with van der Waals surface area (Å²) in [5.41, 5.74) is 5.92. The van der Waals surface area contributed by atoms with Crippen LogP contribution in [-0.2, 0) is 7.05 Å². The van der Waals surface area contributed by atoms with Crippen molar-refractivity contribution in [2.45, 2.75) is 25.7 Å². The molecule has 32 heavy (non-hydrogen) atoms. The van der Waals surface area contributed by atoms with Crippen LogP contribution in [0.5, 0.6) is 0 Å². The van der Waals surface area contributed by atoms with Crippen LogP contribution in [-0.4, -0.2) is 42.5 Å². The predicted molar refractivity (Wildman–Crippen MR) is 128 cm³/mol. The Labute approximate surface area is 189 Å². The van der Waals surface area contributed by atoms with Gasteiger partial charge in [0.05, 0.1) is 33.3 Å². The van der Waals surface area contributed by atoms with Crippen LogP contribution < -0.4 is 10.6 Å². The smallest absolute Gasteiger partial charge is 0.165 e. The van der Waals surface area contributed by atoms with E-state index in [9.17, 15) is 0 Å². The number of nitrogens with one attached hydrogen (secondary N) is 2. The molecule has 0 amide bonds.